The van der Waals surface area contributed by atoms with Crippen molar-refractivity contribution < 1.29 is 14.6 Å². The molecule has 3 heterocycles. The van der Waals surface area contributed by atoms with E-state index in [0.29, 0.717) is 5.82 Å². The van der Waals surface area contributed by atoms with Crippen molar-refractivity contribution in [1.29, 1.82) is 0 Å². The van der Waals surface area contributed by atoms with E-state index in [-0.39, 0.29) is 17.8 Å². The SMILES string of the molecule is COC(=O)C1CCCN1Cc1ccc(-c2cc3ncnc(Nc4cccc(O)c4)c3s2)cc1. The van der Waals surface area contributed by atoms with Crippen molar-refractivity contribution >= 4 is 39.0 Å². The van der Waals surface area contributed by atoms with E-state index in [4.69, 9.17) is 4.74 Å². The zero-order chi connectivity index (χ0) is 22.8. The lowest BCUT2D eigenvalue weighted by Crippen LogP contribution is -2.36. The number of carbonyl (C=O) groups is 1. The third-order valence-electron chi connectivity index (χ3n) is 5.88. The Labute approximate surface area is 195 Å². The number of phenolic OH excluding ortho intramolecular Hbond substituents is 1. The maximum atomic E-state index is 12.0. The van der Waals surface area contributed by atoms with Gasteiger partial charge in [0.2, 0.25) is 0 Å². The van der Waals surface area contributed by atoms with Gasteiger partial charge in [-0.2, -0.15) is 0 Å². The molecule has 5 rings (SSSR count). The van der Waals surface area contributed by atoms with E-state index in [1.165, 1.54) is 12.7 Å². The summed E-state index contributed by atoms with van der Waals surface area (Å²) >= 11 is 1.62. The van der Waals surface area contributed by atoms with Crippen molar-refractivity contribution in [3.8, 4) is 16.2 Å². The highest BCUT2D eigenvalue weighted by Gasteiger charge is 2.31. The number of ether oxygens (including phenoxy) is 1. The van der Waals surface area contributed by atoms with Gasteiger partial charge in [-0.15, -0.1) is 11.3 Å². The Bertz CT molecular complexity index is 1290. The van der Waals surface area contributed by atoms with Gasteiger partial charge in [-0.3, -0.25) is 9.69 Å². The van der Waals surface area contributed by atoms with Gasteiger partial charge in [0.05, 0.1) is 17.3 Å². The summed E-state index contributed by atoms with van der Waals surface area (Å²) in [5, 5.41) is 13.0. The lowest BCUT2D eigenvalue weighted by molar-refractivity contribution is -0.146. The van der Waals surface area contributed by atoms with E-state index in [0.717, 1.165) is 52.3 Å². The summed E-state index contributed by atoms with van der Waals surface area (Å²) in [6, 6.07) is 17.3. The molecule has 0 amide bonds. The lowest BCUT2D eigenvalue weighted by atomic mass is 10.1. The van der Waals surface area contributed by atoms with Crippen LogP contribution in [0.4, 0.5) is 11.5 Å². The van der Waals surface area contributed by atoms with Gasteiger partial charge in [0.15, 0.2) is 5.82 Å². The number of benzene rings is 2. The number of aromatic nitrogens is 2. The van der Waals surface area contributed by atoms with Crippen LogP contribution < -0.4 is 5.32 Å². The minimum Gasteiger partial charge on any atom is -0.508 e. The van der Waals surface area contributed by atoms with Crippen LogP contribution in [-0.2, 0) is 16.1 Å². The predicted octanol–water partition coefficient (Wildman–Crippen LogP) is 4.94. The number of nitrogens with zero attached hydrogens (tertiary/aromatic N) is 3. The van der Waals surface area contributed by atoms with E-state index >= 15 is 0 Å². The summed E-state index contributed by atoms with van der Waals surface area (Å²) in [5.41, 5.74) is 3.91. The van der Waals surface area contributed by atoms with Crippen LogP contribution >= 0.6 is 11.3 Å². The van der Waals surface area contributed by atoms with Crippen molar-refractivity contribution in [2.75, 3.05) is 19.0 Å². The third kappa shape index (κ3) is 4.53. The number of likely N-dealkylation sites (tertiary alicyclic amines) is 1. The van der Waals surface area contributed by atoms with Gasteiger partial charge in [0.25, 0.3) is 0 Å². The minimum atomic E-state index is -0.148. The molecule has 1 unspecified atom stereocenters. The van der Waals surface area contributed by atoms with Gasteiger partial charge < -0.3 is 15.2 Å². The van der Waals surface area contributed by atoms with E-state index in [1.807, 2.05) is 6.07 Å². The highest BCUT2D eigenvalue weighted by atomic mass is 32.1. The first-order valence-corrected chi connectivity index (χ1v) is 11.6. The van der Waals surface area contributed by atoms with E-state index < -0.39 is 0 Å². The second kappa shape index (κ2) is 9.17. The highest BCUT2D eigenvalue weighted by molar-refractivity contribution is 7.22. The van der Waals surface area contributed by atoms with E-state index in [9.17, 15) is 9.90 Å². The molecule has 8 heteroatoms. The van der Waals surface area contributed by atoms with Gasteiger partial charge in [0, 0.05) is 23.2 Å². The summed E-state index contributed by atoms with van der Waals surface area (Å²) in [6.45, 7) is 1.64. The van der Waals surface area contributed by atoms with Gasteiger partial charge >= 0.3 is 5.97 Å². The van der Waals surface area contributed by atoms with Crippen LogP contribution in [0.1, 0.15) is 18.4 Å². The van der Waals surface area contributed by atoms with Crippen LogP contribution in [0.15, 0.2) is 60.9 Å². The van der Waals surface area contributed by atoms with Crippen LogP contribution in [0.2, 0.25) is 0 Å². The quantitative estimate of drug-likeness (QED) is 0.394. The molecule has 1 aliphatic heterocycles. The number of phenols is 1. The average molecular weight is 461 g/mol. The zero-order valence-electron chi connectivity index (χ0n) is 18.2. The molecule has 7 nitrogen and oxygen atoms in total. The lowest BCUT2D eigenvalue weighted by Gasteiger charge is -2.22. The van der Waals surface area contributed by atoms with Gasteiger partial charge in [-0.1, -0.05) is 30.3 Å². The molecular weight excluding hydrogens is 436 g/mol. The molecule has 2 aromatic heterocycles. The van der Waals surface area contributed by atoms with Crippen molar-refractivity contribution in [2.24, 2.45) is 0 Å². The number of aromatic hydroxyl groups is 1. The number of esters is 1. The molecule has 0 spiro atoms. The number of anilines is 2. The molecule has 0 aliphatic carbocycles. The number of nitrogens with one attached hydrogen (secondary N) is 1. The molecule has 4 aromatic rings. The summed E-state index contributed by atoms with van der Waals surface area (Å²) in [6.07, 6.45) is 3.41. The summed E-state index contributed by atoms with van der Waals surface area (Å²) < 4.78 is 5.91. The molecule has 0 saturated carbocycles. The van der Waals surface area contributed by atoms with Crippen molar-refractivity contribution in [1.82, 2.24) is 14.9 Å². The maximum Gasteiger partial charge on any atom is 0.323 e. The molecule has 2 N–H and O–H groups in total. The van der Waals surface area contributed by atoms with Gasteiger partial charge in [-0.05, 0) is 48.7 Å². The fraction of sp³-hybridized carbons (Fsp3) is 0.240. The first kappa shape index (κ1) is 21.4. The van der Waals surface area contributed by atoms with E-state index in [2.05, 4.69) is 50.5 Å². The molecule has 0 bridgehead atoms. The molecule has 1 fully saturated rings. The summed E-state index contributed by atoms with van der Waals surface area (Å²) in [5.74, 6) is 0.760. The normalized spacial score (nSPS) is 16.2. The van der Waals surface area contributed by atoms with Gasteiger partial charge in [-0.25, -0.2) is 9.97 Å². The van der Waals surface area contributed by atoms with Crippen molar-refractivity contribution in [3.05, 3.63) is 66.5 Å². The molecular formula is C25H24N4O3S. The van der Waals surface area contributed by atoms with Crippen LogP contribution in [0.25, 0.3) is 20.7 Å². The second-order valence-electron chi connectivity index (χ2n) is 8.07. The number of hydrogen-bond acceptors (Lipinski definition) is 8. The Morgan fingerprint density at radius 2 is 2.06 bits per heavy atom. The maximum absolute atomic E-state index is 12.0. The van der Waals surface area contributed by atoms with E-state index in [1.54, 1.807) is 35.9 Å². The van der Waals surface area contributed by atoms with Crippen LogP contribution in [0.3, 0.4) is 0 Å². The Balaban J connectivity index is 1.36. The largest absolute Gasteiger partial charge is 0.508 e. The van der Waals surface area contributed by atoms with Crippen LogP contribution in [-0.4, -0.2) is 45.6 Å². The Morgan fingerprint density at radius 3 is 2.85 bits per heavy atom. The third-order valence-corrected chi connectivity index (χ3v) is 7.06. The van der Waals surface area contributed by atoms with Crippen molar-refractivity contribution in [3.63, 3.8) is 0 Å². The molecule has 0 radical (unpaired) electrons. The number of hydrogen-bond donors (Lipinski definition) is 2. The summed E-state index contributed by atoms with van der Waals surface area (Å²) in [7, 11) is 1.45. The Morgan fingerprint density at radius 1 is 1.21 bits per heavy atom. The number of carbonyl (C=O) groups excluding carboxylic acids is 1. The Hall–Kier alpha value is -3.49. The second-order valence-corrected chi connectivity index (χ2v) is 9.12. The molecule has 1 atom stereocenters. The molecule has 168 valence electrons. The van der Waals surface area contributed by atoms with Crippen molar-refractivity contribution in [2.45, 2.75) is 25.4 Å². The highest BCUT2D eigenvalue weighted by Crippen LogP contribution is 2.37. The number of thiophene rings is 1. The summed E-state index contributed by atoms with van der Waals surface area (Å²) in [4.78, 5) is 24.1. The molecule has 2 aromatic carbocycles. The monoisotopic (exact) mass is 460 g/mol. The fourth-order valence-corrected chi connectivity index (χ4v) is 5.29. The topological polar surface area (TPSA) is 87.6 Å². The first-order valence-electron chi connectivity index (χ1n) is 10.8. The first-order chi connectivity index (χ1) is 16.1. The smallest absolute Gasteiger partial charge is 0.323 e. The minimum absolute atomic E-state index is 0.145. The fourth-order valence-electron chi connectivity index (χ4n) is 4.23. The molecule has 33 heavy (non-hydrogen) atoms. The van der Waals surface area contributed by atoms with Crippen LogP contribution in [0, 0.1) is 0 Å². The Kier molecular flexibility index (Phi) is 5.93. The van der Waals surface area contributed by atoms with Gasteiger partial charge in [0.1, 0.15) is 18.1 Å². The number of methoxy groups -OCH3 is 1. The number of rotatable bonds is 6. The zero-order valence-corrected chi connectivity index (χ0v) is 19.0. The van der Waals surface area contributed by atoms with Crippen LogP contribution in [0.5, 0.6) is 5.75 Å². The molecule has 1 saturated heterocycles. The molecule has 1 aliphatic rings. The average Bonchev–Trinajstić information content (AvgIpc) is 3.47. The number of fused-ring (bicyclic) bond motifs is 1. The predicted molar refractivity (Wildman–Crippen MR) is 130 cm³/mol. The standard InChI is InChI=1S/C25H24N4O3S/c1-32-25(31)21-6-3-11-29(21)14-16-7-9-17(10-8-16)22-13-20-23(33-22)24(27-15-26-20)28-18-4-2-5-19(30)12-18/h2,4-5,7-10,12-13,15,21,30H,3,6,11,14H2,1H3,(H,26,27,28).